The van der Waals surface area contributed by atoms with Gasteiger partial charge >= 0.3 is 0 Å². The molecule has 1 amide bonds. The lowest BCUT2D eigenvalue weighted by Gasteiger charge is -2.29. The van der Waals surface area contributed by atoms with E-state index in [4.69, 9.17) is 4.98 Å². The molecule has 0 bridgehead atoms. The van der Waals surface area contributed by atoms with Gasteiger partial charge < -0.3 is 0 Å². The molecule has 3 heterocycles. The van der Waals surface area contributed by atoms with Gasteiger partial charge in [-0.05, 0) is 36.8 Å². The Kier molecular flexibility index (Phi) is 3.67. The maximum atomic E-state index is 13.2. The highest BCUT2D eigenvalue weighted by molar-refractivity contribution is 7.18. The number of benzene rings is 1. The highest BCUT2D eigenvalue weighted by atomic mass is 32.1. The third-order valence-corrected chi connectivity index (χ3v) is 6.52. The van der Waals surface area contributed by atoms with E-state index >= 15 is 0 Å². The fraction of sp³-hybridized carbons (Fsp3) is 0.350. The number of carbonyl (C=O) groups excluding carboxylic acids is 1. The van der Waals surface area contributed by atoms with Crippen molar-refractivity contribution >= 4 is 33.4 Å². The quantitative estimate of drug-likeness (QED) is 0.700. The summed E-state index contributed by atoms with van der Waals surface area (Å²) in [5.41, 5.74) is 2.26. The summed E-state index contributed by atoms with van der Waals surface area (Å²) in [7, 11) is 0. The standard InChI is InChI=1S/C20H19N3O2S/c24-16-10-11-22-19(25)17-14-8-4-5-9-15(14)26-18(17)21-20(22)23(16)12-13-6-2-1-3-7-13/h1-3,6-7H,4-5,8-12H2. The molecule has 1 aromatic carbocycles. The molecule has 1 aliphatic carbocycles. The monoisotopic (exact) mass is 365 g/mol. The highest BCUT2D eigenvalue weighted by Crippen LogP contribution is 2.35. The van der Waals surface area contributed by atoms with E-state index < -0.39 is 0 Å². The largest absolute Gasteiger partial charge is 0.277 e. The number of rotatable bonds is 2. The molecule has 2 aliphatic rings. The molecule has 5 nitrogen and oxygen atoms in total. The first kappa shape index (κ1) is 15.8. The minimum atomic E-state index is 0.0231. The van der Waals surface area contributed by atoms with E-state index in [2.05, 4.69) is 0 Å². The van der Waals surface area contributed by atoms with E-state index in [0.717, 1.165) is 35.0 Å². The molecule has 132 valence electrons. The number of hydrogen-bond acceptors (Lipinski definition) is 4. The van der Waals surface area contributed by atoms with Gasteiger partial charge in [0.1, 0.15) is 4.83 Å². The van der Waals surface area contributed by atoms with Crippen LogP contribution in [0.25, 0.3) is 10.2 Å². The first-order valence-corrected chi connectivity index (χ1v) is 9.93. The minimum Gasteiger partial charge on any atom is -0.277 e. The Morgan fingerprint density at radius 2 is 1.85 bits per heavy atom. The number of nitrogens with zero attached hydrogens (tertiary/aromatic N) is 3. The zero-order chi connectivity index (χ0) is 17.7. The average Bonchev–Trinajstić information content (AvgIpc) is 3.04. The van der Waals surface area contributed by atoms with E-state index in [9.17, 15) is 9.59 Å². The fourth-order valence-electron chi connectivity index (χ4n) is 4.01. The molecular weight excluding hydrogens is 346 g/mol. The van der Waals surface area contributed by atoms with Crippen molar-refractivity contribution < 1.29 is 4.79 Å². The molecule has 0 fully saturated rings. The summed E-state index contributed by atoms with van der Waals surface area (Å²) >= 11 is 1.63. The van der Waals surface area contributed by atoms with Crippen LogP contribution in [0.2, 0.25) is 0 Å². The molecular formula is C20H19N3O2S. The summed E-state index contributed by atoms with van der Waals surface area (Å²) in [6, 6.07) is 9.86. The number of fused-ring (bicyclic) bond motifs is 4. The van der Waals surface area contributed by atoms with Gasteiger partial charge in [-0.15, -0.1) is 11.3 Å². The molecule has 5 rings (SSSR count). The van der Waals surface area contributed by atoms with Gasteiger partial charge in [0.25, 0.3) is 5.56 Å². The molecule has 2 aromatic heterocycles. The Morgan fingerprint density at radius 1 is 1.04 bits per heavy atom. The van der Waals surface area contributed by atoms with Crippen molar-refractivity contribution in [2.45, 2.75) is 45.2 Å². The van der Waals surface area contributed by atoms with Gasteiger partial charge in [-0.1, -0.05) is 30.3 Å². The predicted octanol–water partition coefficient (Wildman–Crippen LogP) is 3.27. The molecule has 3 aromatic rings. The second kappa shape index (κ2) is 6.06. The van der Waals surface area contributed by atoms with E-state index in [-0.39, 0.29) is 11.5 Å². The summed E-state index contributed by atoms with van der Waals surface area (Å²) in [6.45, 7) is 0.870. The molecule has 0 atom stereocenters. The van der Waals surface area contributed by atoms with Crippen LogP contribution in [0.15, 0.2) is 35.1 Å². The Balaban J connectivity index is 1.67. The molecule has 6 heteroatoms. The summed E-state index contributed by atoms with van der Waals surface area (Å²) < 4.78 is 1.70. The maximum Gasteiger partial charge on any atom is 0.263 e. The van der Waals surface area contributed by atoms with Gasteiger partial charge in [-0.2, -0.15) is 0 Å². The zero-order valence-electron chi connectivity index (χ0n) is 14.4. The van der Waals surface area contributed by atoms with Crippen molar-refractivity contribution in [1.82, 2.24) is 9.55 Å². The molecule has 0 saturated heterocycles. The van der Waals surface area contributed by atoms with Gasteiger partial charge in [-0.3, -0.25) is 19.1 Å². The number of aryl methyl sites for hydroxylation is 2. The number of carbonyl (C=O) groups is 1. The lowest BCUT2D eigenvalue weighted by atomic mass is 9.97. The summed E-state index contributed by atoms with van der Waals surface area (Å²) in [5.74, 6) is 0.530. The maximum absolute atomic E-state index is 13.2. The number of anilines is 1. The van der Waals surface area contributed by atoms with Crippen molar-refractivity contribution in [3.63, 3.8) is 0 Å². The van der Waals surface area contributed by atoms with Gasteiger partial charge in [0.05, 0.1) is 11.9 Å². The van der Waals surface area contributed by atoms with Crippen LogP contribution in [-0.2, 0) is 30.7 Å². The van der Waals surface area contributed by atoms with Crippen LogP contribution in [0.5, 0.6) is 0 Å². The van der Waals surface area contributed by atoms with Crippen LogP contribution in [0.4, 0.5) is 5.95 Å². The number of amides is 1. The third kappa shape index (κ3) is 2.40. The van der Waals surface area contributed by atoms with Crippen molar-refractivity contribution in [1.29, 1.82) is 0 Å². The molecule has 0 spiro atoms. The first-order chi connectivity index (χ1) is 12.7. The normalized spacial score (nSPS) is 16.6. The summed E-state index contributed by atoms with van der Waals surface area (Å²) in [6.07, 6.45) is 4.67. The molecule has 0 radical (unpaired) electrons. The van der Waals surface area contributed by atoms with Gasteiger partial charge in [0, 0.05) is 17.8 Å². The van der Waals surface area contributed by atoms with Gasteiger partial charge in [0.15, 0.2) is 0 Å². The van der Waals surface area contributed by atoms with E-state index in [1.165, 1.54) is 16.9 Å². The van der Waals surface area contributed by atoms with Crippen molar-refractivity contribution in [2.75, 3.05) is 4.90 Å². The second-order valence-corrected chi connectivity index (χ2v) is 8.06. The Hall–Kier alpha value is -2.47. The summed E-state index contributed by atoms with van der Waals surface area (Å²) in [5, 5.41) is 0.794. The molecule has 26 heavy (non-hydrogen) atoms. The van der Waals surface area contributed by atoms with E-state index in [0.29, 0.717) is 25.5 Å². The van der Waals surface area contributed by atoms with Crippen molar-refractivity contribution in [3.05, 3.63) is 56.7 Å². The number of aromatic nitrogens is 2. The van der Waals surface area contributed by atoms with Crippen molar-refractivity contribution in [2.24, 2.45) is 0 Å². The third-order valence-electron chi connectivity index (χ3n) is 5.33. The number of hydrogen-bond donors (Lipinski definition) is 0. The van der Waals surface area contributed by atoms with E-state index in [1.807, 2.05) is 30.3 Å². The summed E-state index contributed by atoms with van der Waals surface area (Å²) in [4.78, 5) is 34.3. The smallest absolute Gasteiger partial charge is 0.263 e. The van der Waals surface area contributed by atoms with Gasteiger partial charge in [-0.25, -0.2) is 4.98 Å². The molecule has 0 saturated carbocycles. The molecule has 1 aliphatic heterocycles. The first-order valence-electron chi connectivity index (χ1n) is 9.12. The fourth-order valence-corrected chi connectivity index (χ4v) is 5.26. The SMILES string of the molecule is O=C1CCn2c(nc3sc4c(c3c2=O)CCCC4)N1Cc1ccccc1. The second-order valence-electron chi connectivity index (χ2n) is 6.98. The van der Waals surface area contributed by atoms with Crippen LogP contribution in [-0.4, -0.2) is 15.5 Å². The lowest BCUT2D eigenvalue weighted by molar-refractivity contribution is -0.119. The number of thiophene rings is 1. The Bertz CT molecular complexity index is 1070. The molecule has 0 unspecified atom stereocenters. The lowest BCUT2D eigenvalue weighted by Crippen LogP contribution is -2.42. The topological polar surface area (TPSA) is 55.2 Å². The average molecular weight is 365 g/mol. The van der Waals surface area contributed by atoms with Crippen LogP contribution in [0.3, 0.4) is 0 Å². The van der Waals surface area contributed by atoms with Gasteiger partial charge in [0.2, 0.25) is 11.9 Å². The van der Waals surface area contributed by atoms with Crippen molar-refractivity contribution in [3.8, 4) is 0 Å². The van der Waals surface area contributed by atoms with Crippen LogP contribution < -0.4 is 10.5 Å². The zero-order valence-corrected chi connectivity index (χ0v) is 15.2. The molecule has 0 N–H and O–H groups in total. The predicted molar refractivity (Wildman–Crippen MR) is 103 cm³/mol. The van der Waals surface area contributed by atoms with Crippen LogP contribution >= 0.6 is 11.3 Å². The Morgan fingerprint density at radius 3 is 2.69 bits per heavy atom. The highest BCUT2D eigenvalue weighted by Gasteiger charge is 2.30. The minimum absolute atomic E-state index is 0.0231. The van der Waals surface area contributed by atoms with Crippen LogP contribution in [0.1, 0.15) is 35.3 Å². The van der Waals surface area contributed by atoms with E-state index in [1.54, 1.807) is 20.8 Å². The van der Waals surface area contributed by atoms with Crippen LogP contribution in [0, 0.1) is 0 Å². The Labute approximate surface area is 154 Å².